The van der Waals surface area contributed by atoms with Crippen LogP contribution < -0.4 is 11.1 Å². The van der Waals surface area contributed by atoms with E-state index in [0.717, 1.165) is 0 Å². The van der Waals surface area contributed by atoms with E-state index in [1.54, 1.807) is 9.13 Å². The molecule has 180 valence electrons. The highest BCUT2D eigenvalue weighted by Gasteiger charge is 2.29. The van der Waals surface area contributed by atoms with Crippen LogP contribution in [0.1, 0.15) is 61.0 Å². The summed E-state index contributed by atoms with van der Waals surface area (Å²) in [7, 11) is 0. The molecule has 0 bridgehead atoms. The standard InChI is InChI=1S/C27H24F2N2O4/c1-12-3-5-14-7-16(28)9-18-22(14)30(12)26(34)20(24(18)32)11-21-25(33)19-10-17(29)8-15-6-4-13(2)31(23(15)19)27(21)35/h7-10,12-13,32-33H,3-6,11H2,1-2H3. The minimum Gasteiger partial charge on any atom is -0.507 e. The second kappa shape index (κ2) is 7.41. The van der Waals surface area contributed by atoms with Crippen molar-refractivity contribution in [2.75, 3.05) is 0 Å². The summed E-state index contributed by atoms with van der Waals surface area (Å²) in [6.07, 6.45) is 2.05. The van der Waals surface area contributed by atoms with Crippen LogP contribution >= 0.6 is 0 Å². The Balaban J connectivity index is 1.67. The van der Waals surface area contributed by atoms with Crippen LogP contribution in [0, 0.1) is 11.6 Å². The molecule has 35 heavy (non-hydrogen) atoms. The van der Waals surface area contributed by atoms with Crippen LogP contribution in [-0.4, -0.2) is 19.3 Å². The predicted molar refractivity (Wildman–Crippen MR) is 129 cm³/mol. The number of benzene rings is 2. The summed E-state index contributed by atoms with van der Waals surface area (Å²) in [6, 6.07) is 4.75. The monoisotopic (exact) mass is 478 g/mol. The molecule has 8 heteroatoms. The summed E-state index contributed by atoms with van der Waals surface area (Å²) in [5.41, 5.74) is 1.11. The zero-order valence-corrected chi connectivity index (χ0v) is 19.4. The van der Waals surface area contributed by atoms with E-state index in [9.17, 15) is 28.6 Å². The van der Waals surface area contributed by atoms with Crippen molar-refractivity contribution in [1.82, 2.24) is 9.13 Å². The van der Waals surface area contributed by atoms with Crippen LogP contribution in [0.3, 0.4) is 0 Å². The molecular formula is C27H24F2N2O4. The lowest BCUT2D eigenvalue weighted by Gasteiger charge is -2.28. The van der Waals surface area contributed by atoms with Crippen molar-refractivity contribution >= 4 is 21.8 Å². The maximum absolute atomic E-state index is 14.4. The van der Waals surface area contributed by atoms with Crippen molar-refractivity contribution in [3.8, 4) is 11.5 Å². The second-order valence-electron chi connectivity index (χ2n) is 9.88. The van der Waals surface area contributed by atoms with Crippen molar-refractivity contribution in [2.45, 2.75) is 58.0 Å². The molecule has 2 N–H and O–H groups in total. The predicted octanol–water partition coefficient (Wildman–Crippen LogP) is 4.61. The van der Waals surface area contributed by atoms with Gasteiger partial charge in [0.2, 0.25) is 0 Å². The number of aryl methyl sites for hydroxylation is 2. The molecule has 2 aromatic heterocycles. The van der Waals surface area contributed by atoms with E-state index in [-0.39, 0.29) is 40.4 Å². The van der Waals surface area contributed by atoms with Crippen LogP contribution in [0.4, 0.5) is 8.78 Å². The highest BCUT2D eigenvalue weighted by Crippen LogP contribution is 2.39. The lowest BCUT2D eigenvalue weighted by atomic mass is 9.92. The maximum atomic E-state index is 14.4. The number of pyridine rings is 2. The third-order valence-corrected chi connectivity index (χ3v) is 7.72. The number of hydrogen-bond acceptors (Lipinski definition) is 4. The highest BCUT2D eigenvalue weighted by atomic mass is 19.1. The molecule has 4 aromatic rings. The van der Waals surface area contributed by atoms with E-state index in [1.807, 2.05) is 13.8 Å². The van der Waals surface area contributed by atoms with E-state index in [2.05, 4.69) is 0 Å². The molecule has 4 heterocycles. The molecule has 6 nitrogen and oxygen atoms in total. The molecule has 0 spiro atoms. The molecule has 0 aliphatic carbocycles. The molecular weight excluding hydrogens is 454 g/mol. The Morgan fingerprint density at radius 3 is 1.57 bits per heavy atom. The van der Waals surface area contributed by atoms with Gasteiger partial charge in [-0.05, 0) is 74.9 Å². The van der Waals surface area contributed by atoms with Crippen LogP contribution in [-0.2, 0) is 19.3 Å². The molecule has 0 fully saturated rings. The quantitative estimate of drug-likeness (QED) is 0.441. The molecule has 0 saturated carbocycles. The molecule has 0 radical (unpaired) electrons. The largest absolute Gasteiger partial charge is 0.507 e. The molecule has 2 aliphatic heterocycles. The Hall–Kier alpha value is -3.68. The normalized spacial score (nSPS) is 19.0. The van der Waals surface area contributed by atoms with Gasteiger partial charge in [-0.3, -0.25) is 9.59 Å². The minimum atomic E-state index is -0.525. The number of halogens is 2. The number of hydrogen-bond donors (Lipinski definition) is 2. The fourth-order valence-electron chi connectivity index (χ4n) is 5.97. The van der Waals surface area contributed by atoms with Crippen LogP contribution in [0.25, 0.3) is 21.8 Å². The van der Waals surface area contributed by atoms with Gasteiger partial charge in [0.05, 0.1) is 22.2 Å². The van der Waals surface area contributed by atoms with Gasteiger partial charge in [-0.2, -0.15) is 0 Å². The van der Waals surface area contributed by atoms with Crippen LogP contribution in [0.5, 0.6) is 11.5 Å². The van der Waals surface area contributed by atoms with E-state index in [4.69, 9.17) is 0 Å². The van der Waals surface area contributed by atoms with E-state index in [0.29, 0.717) is 47.8 Å². The summed E-state index contributed by atoms with van der Waals surface area (Å²) in [4.78, 5) is 27.2. The van der Waals surface area contributed by atoms with Gasteiger partial charge in [0.15, 0.2) is 0 Å². The average Bonchev–Trinajstić information content (AvgIpc) is 2.81. The minimum absolute atomic E-state index is 0.0950. The van der Waals surface area contributed by atoms with Crippen molar-refractivity contribution in [3.63, 3.8) is 0 Å². The fraction of sp³-hybridized carbons (Fsp3) is 0.333. The molecule has 2 unspecified atom stereocenters. The van der Waals surface area contributed by atoms with Crippen molar-refractivity contribution in [2.24, 2.45) is 0 Å². The molecule has 2 aliphatic rings. The maximum Gasteiger partial charge on any atom is 0.258 e. The Morgan fingerprint density at radius 2 is 1.17 bits per heavy atom. The fourth-order valence-corrected chi connectivity index (χ4v) is 5.97. The summed E-state index contributed by atoms with van der Waals surface area (Å²) in [6.45, 7) is 3.76. The first-order valence-electron chi connectivity index (χ1n) is 11.8. The van der Waals surface area contributed by atoms with Gasteiger partial charge in [0, 0.05) is 29.3 Å². The van der Waals surface area contributed by atoms with Crippen molar-refractivity contribution < 1.29 is 19.0 Å². The SMILES string of the molecule is CC1CCc2cc(F)cc3c(O)c(Cc4c(O)c5cc(F)cc6c5n(c4=O)C(C)CC6)c(=O)n1c23. The molecule has 6 rings (SSSR count). The summed E-state index contributed by atoms with van der Waals surface area (Å²) >= 11 is 0. The van der Waals surface area contributed by atoms with Gasteiger partial charge in [-0.15, -0.1) is 0 Å². The first kappa shape index (κ1) is 21.8. The number of aromatic nitrogens is 2. The lowest BCUT2D eigenvalue weighted by molar-refractivity contribution is 0.447. The third-order valence-electron chi connectivity index (χ3n) is 7.72. The lowest BCUT2D eigenvalue weighted by Crippen LogP contribution is -2.33. The summed E-state index contributed by atoms with van der Waals surface area (Å²) < 4.78 is 31.8. The van der Waals surface area contributed by atoms with Crippen molar-refractivity contribution in [1.29, 1.82) is 0 Å². The number of aromatic hydroxyl groups is 2. The van der Waals surface area contributed by atoms with E-state index < -0.39 is 34.3 Å². The first-order valence-corrected chi connectivity index (χ1v) is 11.8. The van der Waals surface area contributed by atoms with Crippen molar-refractivity contribution in [3.05, 3.63) is 78.9 Å². The smallest absolute Gasteiger partial charge is 0.258 e. The Morgan fingerprint density at radius 1 is 0.771 bits per heavy atom. The average molecular weight is 478 g/mol. The van der Waals surface area contributed by atoms with Gasteiger partial charge in [0.1, 0.15) is 23.1 Å². The molecule has 0 amide bonds. The van der Waals surface area contributed by atoms with E-state index >= 15 is 0 Å². The van der Waals surface area contributed by atoms with E-state index in [1.165, 1.54) is 24.3 Å². The van der Waals surface area contributed by atoms with Gasteiger partial charge in [-0.1, -0.05) is 0 Å². The Labute approximate surface area is 198 Å². The summed E-state index contributed by atoms with van der Waals surface area (Å²) in [5, 5.41) is 22.6. The van der Waals surface area contributed by atoms with Crippen LogP contribution in [0.15, 0.2) is 33.9 Å². The second-order valence-corrected chi connectivity index (χ2v) is 9.88. The number of rotatable bonds is 2. The Kier molecular flexibility index (Phi) is 4.62. The summed E-state index contributed by atoms with van der Waals surface area (Å²) in [5.74, 6) is -1.85. The number of nitrogens with zero attached hydrogens (tertiary/aromatic N) is 2. The topological polar surface area (TPSA) is 84.5 Å². The Bertz CT molecular complexity index is 1580. The highest BCUT2D eigenvalue weighted by molar-refractivity contribution is 5.91. The van der Waals surface area contributed by atoms with Gasteiger partial charge in [0.25, 0.3) is 11.1 Å². The van der Waals surface area contributed by atoms with Gasteiger partial charge in [-0.25, -0.2) is 8.78 Å². The zero-order chi connectivity index (χ0) is 24.8. The zero-order valence-electron chi connectivity index (χ0n) is 19.4. The third kappa shape index (κ3) is 2.98. The van der Waals surface area contributed by atoms with Crippen LogP contribution in [0.2, 0.25) is 0 Å². The first-order chi connectivity index (χ1) is 16.7. The molecule has 2 aromatic carbocycles. The van der Waals surface area contributed by atoms with Gasteiger partial charge < -0.3 is 19.3 Å². The molecule has 0 saturated heterocycles. The molecule has 2 atom stereocenters. The van der Waals surface area contributed by atoms with Gasteiger partial charge >= 0.3 is 0 Å².